The topological polar surface area (TPSA) is 32.3 Å². The van der Waals surface area contributed by atoms with Crippen LogP contribution in [0.25, 0.3) is 0 Å². The summed E-state index contributed by atoms with van der Waals surface area (Å²) in [6.45, 7) is 7.70. The first-order valence-electron chi connectivity index (χ1n) is 4.70. The molecule has 0 aliphatic heterocycles. The molecule has 0 saturated carbocycles. The number of aliphatic hydroxyl groups excluding tert-OH is 1. The second-order valence-corrected chi connectivity index (χ2v) is 4.46. The van der Waals surface area contributed by atoms with Crippen molar-refractivity contribution >= 4 is 11.8 Å². The van der Waals surface area contributed by atoms with Gasteiger partial charge in [0.2, 0.25) is 0 Å². The van der Waals surface area contributed by atoms with Crippen molar-refractivity contribution in [1.82, 2.24) is 5.32 Å². The normalized spacial score (nSPS) is 16.0. The number of thioether (sulfide) groups is 1. The molecule has 0 amide bonds. The van der Waals surface area contributed by atoms with Crippen LogP contribution in [0.15, 0.2) is 0 Å². The molecule has 2 N–H and O–H groups in total. The maximum atomic E-state index is 8.81. The van der Waals surface area contributed by atoms with Gasteiger partial charge in [0.05, 0.1) is 6.61 Å². The van der Waals surface area contributed by atoms with Gasteiger partial charge in [-0.3, -0.25) is 0 Å². The van der Waals surface area contributed by atoms with E-state index in [1.807, 2.05) is 11.8 Å². The van der Waals surface area contributed by atoms with Gasteiger partial charge in [0, 0.05) is 17.0 Å². The SMILES string of the molecule is CCNC(CC)CSC(C)CO. The molecule has 12 heavy (non-hydrogen) atoms. The summed E-state index contributed by atoms with van der Waals surface area (Å²) < 4.78 is 0. The summed E-state index contributed by atoms with van der Waals surface area (Å²) in [6.07, 6.45) is 1.17. The summed E-state index contributed by atoms with van der Waals surface area (Å²) in [5.74, 6) is 1.10. The fraction of sp³-hybridized carbons (Fsp3) is 1.00. The smallest absolute Gasteiger partial charge is 0.0547 e. The molecule has 2 unspecified atom stereocenters. The van der Waals surface area contributed by atoms with Gasteiger partial charge in [0.15, 0.2) is 0 Å². The van der Waals surface area contributed by atoms with Crippen molar-refractivity contribution in [1.29, 1.82) is 0 Å². The molecule has 0 aliphatic rings. The zero-order chi connectivity index (χ0) is 9.40. The summed E-state index contributed by atoms with van der Waals surface area (Å²) in [4.78, 5) is 0. The molecule has 0 heterocycles. The number of aliphatic hydroxyl groups is 1. The lowest BCUT2D eigenvalue weighted by molar-refractivity contribution is 0.300. The Balaban J connectivity index is 3.43. The second kappa shape index (κ2) is 7.90. The molecule has 3 heteroatoms. The van der Waals surface area contributed by atoms with Crippen molar-refractivity contribution in [2.45, 2.75) is 38.5 Å². The quantitative estimate of drug-likeness (QED) is 0.639. The van der Waals surface area contributed by atoms with Gasteiger partial charge < -0.3 is 10.4 Å². The van der Waals surface area contributed by atoms with Crippen LogP contribution < -0.4 is 5.32 Å². The van der Waals surface area contributed by atoms with Crippen molar-refractivity contribution in [3.63, 3.8) is 0 Å². The van der Waals surface area contributed by atoms with E-state index in [9.17, 15) is 0 Å². The minimum Gasteiger partial charge on any atom is -0.395 e. The van der Waals surface area contributed by atoms with Gasteiger partial charge in [0.25, 0.3) is 0 Å². The monoisotopic (exact) mass is 191 g/mol. The van der Waals surface area contributed by atoms with E-state index in [0.717, 1.165) is 12.3 Å². The van der Waals surface area contributed by atoms with Crippen LogP contribution >= 0.6 is 11.8 Å². The standard InChI is InChI=1S/C9H21NOS/c1-4-9(10-5-2)7-12-8(3)6-11/h8-11H,4-7H2,1-3H3. The van der Waals surface area contributed by atoms with Crippen molar-refractivity contribution in [2.75, 3.05) is 18.9 Å². The average molecular weight is 191 g/mol. The average Bonchev–Trinajstić information content (AvgIpc) is 2.11. The summed E-state index contributed by atoms with van der Waals surface area (Å²) in [5, 5.41) is 12.6. The van der Waals surface area contributed by atoms with E-state index in [2.05, 4.69) is 26.1 Å². The lowest BCUT2D eigenvalue weighted by atomic mass is 10.2. The third-order valence-corrected chi connectivity index (χ3v) is 3.14. The molecular formula is C9H21NOS. The zero-order valence-corrected chi connectivity index (χ0v) is 9.16. The Labute approximate surface area is 80.1 Å². The third kappa shape index (κ3) is 5.86. The molecule has 2 atom stereocenters. The van der Waals surface area contributed by atoms with E-state index in [1.54, 1.807) is 0 Å². The van der Waals surface area contributed by atoms with Crippen LogP contribution in [0.2, 0.25) is 0 Å². The Hall–Kier alpha value is 0.270. The Bertz CT molecular complexity index is 101. The zero-order valence-electron chi connectivity index (χ0n) is 8.34. The molecule has 0 rings (SSSR count). The molecule has 0 fully saturated rings. The Morgan fingerprint density at radius 1 is 1.42 bits per heavy atom. The van der Waals surface area contributed by atoms with Crippen LogP contribution in [0.1, 0.15) is 27.2 Å². The summed E-state index contributed by atoms with van der Waals surface area (Å²) in [7, 11) is 0. The Kier molecular flexibility index (Phi) is 8.07. The van der Waals surface area contributed by atoms with Gasteiger partial charge in [-0.05, 0) is 13.0 Å². The molecule has 74 valence electrons. The predicted octanol–water partition coefficient (Wildman–Crippen LogP) is 1.49. The minimum absolute atomic E-state index is 0.285. The Morgan fingerprint density at radius 2 is 2.08 bits per heavy atom. The van der Waals surface area contributed by atoms with Gasteiger partial charge in [-0.2, -0.15) is 11.8 Å². The first kappa shape index (κ1) is 12.3. The van der Waals surface area contributed by atoms with Crippen LogP contribution in [0.4, 0.5) is 0 Å². The number of rotatable bonds is 7. The number of hydrogen-bond donors (Lipinski definition) is 2. The first-order valence-corrected chi connectivity index (χ1v) is 5.75. The maximum absolute atomic E-state index is 8.81. The third-order valence-electron chi connectivity index (χ3n) is 1.82. The van der Waals surface area contributed by atoms with Crippen molar-refractivity contribution in [3.8, 4) is 0 Å². The fourth-order valence-corrected chi connectivity index (χ4v) is 1.96. The van der Waals surface area contributed by atoms with Gasteiger partial charge >= 0.3 is 0 Å². The largest absolute Gasteiger partial charge is 0.395 e. The van der Waals surface area contributed by atoms with E-state index >= 15 is 0 Å². The van der Waals surface area contributed by atoms with Crippen LogP contribution in [0.3, 0.4) is 0 Å². The van der Waals surface area contributed by atoms with Crippen molar-refractivity contribution < 1.29 is 5.11 Å². The summed E-state index contributed by atoms with van der Waals surface area (Å²) in [6, 6.07) is 0.606. The minimum atomic E-state index is 0.285. The molecule has 0 aromatic carbocycles. The molecule has 0 aromatic heterocycles. The summed E-state index contributed by atoms with van der Waals surface area (Å²) in [5.41, 5.74) is 0. The van der Waals surface area contributed by atoms with E-state index in [0.29, 0.717) is 11.3 Å². The van der Waals surface area contributed by atoms with E-state index in [4.69, 9.17) is 5.11 Å². The van der Waals surface area contributed by atoms with E-state index < -0.39 is 0 Å². The molecule has 0 radical (unpaired) electrons. The molecule has 0 aliphatic carbocycles. The van der Waals surface area contributed by atoms with Crippen LogP contribution in [0.5, 0.6) is 0 Å². The summed E-state index contributed by atoms with van der Waals surface area (Å²) >= 11 is 1.84. The molecule has 0 spiro atoms. The van der Waals surface area contributed by atoms with Crippen molar-refractivity contribution in [2.24, 2.45) is 0 Å². The van der Waals surface area contributed by atoms with Gasteiger partial charge in [0.1, 0.15) is 0 Å². The second-order valence-electron chi connectivity index (χ2n) is 2.99. The van der Waals surface area contributed by atoms with Gasteiger partial charge in [-0.15, -0.1) is 0 Å². The first-order chi connectivity index (χ1) is 5.74. The lowest BCUT2D eigenvalue weighted by Gasteiger charge is -2.17. The molecule has 2 nitrogen and oxygen atoms in total. The number of hydrogen-bond acceptors (Lipinski definition) is 3. The fourth-order valence-electron chi connectivity index (χ4n) is 0.943. The molecule has 0 saturated heterocycles. The van der Waals surface area contributed by atoms with Crippen LogP contribution in [0, 0.1) is 0 Å². The highest BCUT2D eigenvalue weighted by molar-refractivity contribution is 7.99. The highest BCUT2D eigenvalue weighted by Gasteiger charge is 2.06. The predicted molar refractivity (Wildman–Crippen MR) is 56.8 cm³/mol. The van der Waals surface area contributed by atoms with Crippen LogP contribution in [-0.2, 0) is 0 Å². The highest BCUT2D eigenvalue weighted by Crippen LogP contribution is 2.12. The highest BCUT2D eigenvalue weighted by atomic mass is 32.2. The van der Waals surface area contributed by atoms with Crippen molar-refractivity contribution in [3.05, 3.63) is 0 Å². The van der Waals surface area contributed by atoms with Gasteiger partial charge in [-0.1, -0.05) is 20.8 Å². The molecular weight excluding hydrogens is 170 g/mol. The van der Waals surface area contributed by atoms with Gasteiger partial charge in [-0.25, -0.2) is 0 Å². The Morgan fingerprint density at radius 3 is 2.50 bits per heavy atom. The molecule has 0 aromatic rings. The maximum Gasteiger partial charge on any atom is 0.0547 e. The van der Waals surface area contributed by atoms with E-state index in [1.165, 1.54) is 6.42 Å². The lowest BCUT2D eigenvalue weighted by Crippen LogP contribution is -2.31. The molecule has 0 bridgehead atoms. The van der Waals surface area contributed by atoms with E-state index in [-0.39, 0.29) is 6.61 Å². The number of nitrogens with one attached hydrogen (secondary N) is 1. The van der Waals surface area contributed by atoms with Crippen LogP contribution in [-0.4, -0.2) is 35.3 Å².